The maximum absolute atomic E-state index is 12.1. The molecule has 2 N–H and O–H groups in total. The number of carboxylic acid groups (broad SMARTS) is 1. The average Bonchev–Trinajstić information content (AvgIpc) is 2.76. The van der Waals surface area contributed by atoms with Gasteiger partial charge in [0.05, 0.1) is 0 Å². The molecule has 1 aromatic rings. The first-order chi connectivity index (χ1) is 15.1. The summed E-state index contributed by atoms with van der Waals surface area (Å²) in [6, 6.07) is 8.53. The molecule has 0 unspecified atom stereocenters. The van der Waals surface area contributed by atoms with Crippen molar-refractivity contribution in [2.24, 2.45) is 0 Å². The summed E-state index contributed by atoms with van der Waals surface area (Å²) >= 11 is 0. The summed E-state index contributed by atoms with van der Waals surface area (Å²) in [5.74, 6) is -1.17. The fourth-order valence-corrected chi connectivity index (χ4v) is 3.67. The van der Waals surface area contributed by atoms with E-state index >= 15 is 0 Å². The quantitative estimate of drug-likeness (QED) is 0.187. The Labute approximate surface area is 189 Å². The van der Waals surface area contributed by atoms with Crippen molar-refractivity contribution >= 4 is 11.9 Å². The van der Waals surface area contributed by atoms with Crippen LogP contribution in [0.1, 0.15) is 102 Å². The lowest BCUT2D eigenvalue weighted by molar-refractivity contribution is -0.141. The van der Waals surface area contributed by atoms with Crippen LogP contribution in [0.15, 0.2) is 42.5 Å². The molecule has 0 saturated carbocycles. The predicted molar refractivity (Wildman–Crippen MR) is 129 cm³/mol. The Kier molecular flexibility index (Phi) is 16.2. The molecular formula is C27H43NO3. The molecule has 0 spiro atoms. The Balaban J connectivity index is 2.01. The second-order valence-electron chi connectivity index (χ2n) is 8.48. The van der Waals surface area contributed by atoms with Gasteiger partial charge in [-0.25, -0.2) is 4.79 Å². The van der Waals surface area contributed by atoms with E-state index in [0.29, 0.717) is 12.8 Å². The van der Waals surface area contributed by atoms with Crippen LogP contribution in [0.25, 0.3) is 0 Å². The number of benzene rings is 1. The van der Waals surface area contributed by atoms with Crippen molar-refractivity contribution in [1.29, 1.82) is 0 Å². The molecule has 0 radical (unpaired) electrons. The van der Waals surface area contributed by atoms with Gasteiger partial charge in [-0.15, -0.1) is 0 Å². The average molecular weight is 430 g/mol. The zero-order chi connectivity index (χ0) is 22.6. The minimum absolute atomic E-state index is 0.179. The molecule has 0 heterocycles. The van der Waals surface area contributed by atoms with Crippen molar-refractivity contribution in [1.82, 2.24) is 5.32 Å². The molecule has 0 aromatic heterocycles. The number of allylic oxidation sites excluding steroid dienone is 2. The first-order valence-electron chi connectivity index (χ1n) is 12.3. The van der Waals surface area contributed by atoms with E-state index in [1.165, 1.54) is 57.8 Å². The monoisotopic (exact) mass is 429 g/mol. The second-order valence-corrected chi connectivity index (χ2v) is 8.48. The summed E-state index contributed by atoms with van der Waals surface area (Å²) in [6.45, 7) is 2.26. The van der Waals surface area contributed by atoms with Crippen LogP contribution in [0.4, 0.5) is 0 Å². The van der Waals surface area contributed by atoms with E-state index < -0.39 is 12.0 Å². The Morgan fingerprint density at radius 2 is 1.39 bits per heavy atom. The van der Waals surface area contributed by atoms with Gasteiger partial charge >= 0.3 is 5.97 Å². The van der Waals surface area contributed by atoms with Gasteiger partial charge in [-0.05, 0) is 37.7 Å². The predicted octanol–water partition coefficient (Wildman–Crippen LogP) is 6.84. The first kappa shape index (κ1) is 26.9. The highest BCUT2D eigenvalue weighted by Crippen LogP contribution is 2.11. The topological polar surface area (TPSA) is 66.4 Å². The maximum atomic E-state index is 12.1. The number of carbonyl (C=O) groups is 2. The molecule has 0 bridgehead atoms. The van der Waals surface area contributed by atoms with Crippen LogP contribution in [0.3, 0.4) is 0 Å². The van der Waals surface area contributed by atoms with E-state index in [9.17, 15) is 14.7 Å². The molecule has 0 aliphatic heterocycles. The van der Waals surface area contributed by atoms with Crippen molar-refractivity contribution < 1.29 is 14.7 Å². The van der Waals surface area contributed by atoms with E-state index in [1.807, 2.05) is 30.3 Å². The molecule has 0 aliphatic rings. The highest BCUT2D eigenvalue weighted by molar-refractivity contribution is 5.83. The van der Waals surface area contributed by atoms with Crippen molar-refractivity contribution in [2.45, 2.75) is 109 Å². The van der Waals surface area contributed by atoms with Gasteiger partial charge in [-0.2, -0.15) is 0 Å². The van der Waals surface area contributed by atoms with Crippen molar-refractivity contribution in [3.8, 4) is 0 Å². The Morgan fingerprint density at radius 3 is 1.97 bits per heavy atom. The minimum Gasteiger partial charge on any atom is -0.480 e. The van der Waals surface area contributed by atoms with E-state index in [0.717, 1.165) is 31.2 Å². The Morgan fingerprint density at radius 1 is 0.839 bits per heavy atom. The molecule has 174 valence electrons. The number of unbranched alkanes of at least 4 members (excludes halogenated alkanes) is 11. The molecule has 4 nitrogen and oxygen atoms in total. The normalized spacial score (nSPS) is 12.2. The standard InChI is InChI=1S/C27H43NO3/c1-2-3-4-5-6-7-8-9-10-11-12-13-14-15-19-22-26(29)28-25(27(30)31)23-24-20-17-16-18-21-24/h12-13,16-18,20-21,25H,2-11,14-15,19,22-23H2,1H3,(H,28,29)(H,30,31)/b13-12-/t25-/m0/s1. The van der Waals surface area contributed by atoms with Crippen LogP contribution in [0.2, 0.25) is 0 Å². The third-order valence-electron chi connectivity index (χ3n) is 5.58. The van der Waals surface area contributed by atoms with Crippen molar-refractivity contribution in [2.75, 3.05) is 0 Å². The second kappa shape index (κ2) is 18.7. The van der Waals surface area contributed by atoms with E-state index in [-0.39, 0.29) is 5.91 Å². The summed E-state index contributed by atoms with van der Waals surface area (Å²) in [5.41, 5.74) is 0.910. The van der Waals surface area contributed by atoms with Crippen LogP contribution < -0.4 is 5.32 Å². The van der Waals surface area contributed by atoms with Gasteiger partial charge in [0.1, 0.15) is 6.04 Å². The highest BCUT2D eigenvalue weighted by atomic mass is 16.4. The molecule has 0 saturated heterocycles. The molecule has 31 heavy (non-hydrogen) atoms. The van der Waals surface area contributed by atoms with Gasteiger partial charge < -0.3 is 10.4 Å². The van der Waals surface area contributed by atoms with Crippen LogP contribution >= 0.6 is 0 Å². The zero-order valence-electron chi connectivity index (χ0n) is 19.5. The van der Waals surface area contributed by atoms with Gasteiger partial charge in [-0.3, -0.25) is 4.79 Å². The van der Waals surface area contributed by atoms with Crippen LogP contribution in [0.5, 0.6) is 0 Å². The van der Waals surface area contributed by atoms with Crippen LogP contribution in [-0.2, 0) is 16.0 Å². The largest absolute Gasteiger partial charge is 0.480 e. The van der Waals surface area contributed by atoms with Crippen LogP contribution in [-0.4, -0.2) is 23.0 Å². The van der Waals surface area contributed by atoms with Gasteiger partial charge in [0.2, 0.25) is 5.91 Å². The summed E-state index contributed by atoms with van der Waals surface area (Å²) < 4.78 is 0. The summed E-state index contributed by atoms with van der Waals surface area (Å²) in [5, 5.41) is 12.0. The van der Waals surface area contributed by atoms with E-state index in [2.05, 4.69) is 24.4 Å². The smallest absolute Gasteiger partial charge is 0.326 e. The lowest BCUT2D eigenvalue weighted by atomic mass is 10.1. The molecule has 1 rings (SSSR count). The number of hydrogen-bond donors (Lipinski definition) is 2. The molecule has 0 fully saturated rings. The van der Waals surface area contributed by atoms with Gasteiger partial charge in [-0.1, -0.05) is 101 Å². The SMILES string of the molecule is CCCCCCCCCCC/C=C\CCCCC(=O)N[C@@H](Cc1ccccc1)C(=O)O. The van der Waals surface area contributed by atoms with E-state index in [4.69, 9.17) is 0 Å². The third-order valence-corrected chi connectivity index (χ3v) is 5.58. The van der Waals surface area contributed by atoms with Gasteiger partial charge in [0, 0.05) is 12.8 Å². The van der Waals surface area contributed by atoms with Crippen molar-refractivity contribution in [3.63, 3.8) is 0 Å². The zero-order valence-corrected chi connectivity index (χ0v) is 19.5. The molecule has 4 heteroatoms. The number of aliphatic carboxylic acids is 1. The number of carboxylic acids is 1. The highest BCUT2D eigenvalue weighted by Gasteiger charge is 2.19. The Bertz CT molecular complexity index is 612. The summed E-state index contributed by atoms with van der Waals surface area (Å²) in [4.78, 5) is 23.5. The third kappa shape index (κ3) is 15.4. The number of carbonyl (C=O) groups excluding carboxylic acids is 1. The first-order valence-corrected chi connectivity index (χ1v) is 12.3. The molecule has 0 aliphatic carbocycles. The molecule has 1 atom stereocenters. The fourth-order valence-electron chi connectivity index (χ4n) is 3.67. The molecular weight excluding hydrogens is 386 g/mol. The minimum atomic E-state index is -0.989. The Hall–Kier alpha value is -2.10. The number of nitrogens with one attached hydrogen (secondary N) is 1. The van der Waals surface area contributed by atoms with Crippen molar-refractivity contribution in [3.05, 3.63) is 48.0 Å². The van der Waals surface area contributed by atoms with E-state index in [1.54, 1.807) is 0 Å². The number of rotatable bonds is 19. The molecule has 1 amide bonds. The lowest BCUT2D eigenvalue weighted by Crippen LogP contribution is -2.42. The van der Waals surface area contributed by atoms with Crippen LogP contribution in [0, 0.1) is 0 Å². The van der Waals surface area contributed by atoms with Gasteiger partial charge in [0.25, 0.3) is 0 Å². The maximum Gasteiger partial charge on any atom is 0.326 e. The number of amides is 1. The summed E-state index contributed by atoms with van der Waals surface area (Å²) in [6.07, 6.45) is 21.3. The summed E-state index contributed by atoms with van der Waals surface area (Å²) in [7, 11) is 0. The fraction of sp³-hybridized carbons (Fsp3) is 0.630. The lowest BCUT2D eigenvalue weighted by Gasteiger charge is -2.14. The molecule has 1 aromatic carbocycles. The number of hydrogen-bond acceptors (Lipinski definition) is 2. The van der Waals surface area contributed by atoms with Gasteiger partial charge in [0.15, 0.2) is 0 Å².